The Labute approximate surface area is 245 Å². The number of carbonyl (C=O) groups is 1. The van der Waals surface area contributed by atoms with Crippen LogP contribution in [-0.4, -0.2) is 51.5 Å². The van der Waals surface area contributed by atoms with Gasteiger partial charge in [-0.25, -0.2) is 8.42 Å². The fourth-order valence-electron chi connectivity index (χ4n) is 5.53. The molecule has 2 aliphatic heterocycles. The van der Waals surface area contributed by atoms with E-state index in [-0.39, 0.29) is 32.8 Å². The number of nitrogens with one attached hydrogen (secondary N) is 3. The number of amides is 1. The van der Waals surface area contributed by atoms with E-state index < -0.39 is 27.9 Å². The first-order chi connectivity index (χ1) is 19.3. The predicted molar refractivity (Wildman–Crippen MR) is 159 cm³/mol. The number of halogens is 2. The molecule has 3 N–H and O–H groups in total. The maximum atomic E-state index is 13.9. The average molecular weight is 603 g/mol. The van der Waals surface area contributed by atoms with Crippen molar-refractivity contribution in [2.45, 2.75) is 48.1 Å². The lowest BCUT2D eigenvalue weighted by Gasteiger charge is -2.32. The maximum absolute atomic E-state index is 13.9. The van der Waals surface area contributed by atoms with Crippen molar-refractivity contribution in [1.29, 1.82) is 0 Å². The lowest BCUT2D eigenvalue weighted by molar-refractivity contribution is -0.127. The number of carbonyl (C=O) groups excluding carboxylic acids is 1. The van der Waals surface area contributed by atoms with Gasteiger partial charge in [0.15, 0.2) is 5.44 Å². The van der Waals surface area contributed by atoms with Crippen LogP contribution in [0.15, 0.2) is 77.7 Å². The molecule has 0 aliphatic carbocycles. The number of hydrogen-bond donors (Lipinski definition) is 3. The molecule has 40 heavy (non-hydrogen) atoms. The monoisotopic (exact) mass is 601 g/mol. The highest BCUT2D eigenvalue weighted by atomic mass is 35.5. The van der Waals surface area contributed by atoms with Crippen molar-refractivity contribution in [3.05, 3.63) is 94.0 Å². The summed E-state index contributed by atoms with van der Waals surface area (Å²) in [5, 5.41) is 10.2. The lowest BCUT2D eigenvalue weighted by atomic mass is 9.87. The van der Waals surface area contributed by atoms with Gasteiger partial charge in [-0.1, -0.05) is 71.7 Å². The second-order valence-electron chi connectivity index (χ2n) is 10.4. The number of ether oxygens (including phenoxy) is 1. The van der Waals surface area contributed by atoms with Crippen LogP contribution in [0.3, 0.4) is 0 Å². The number of para-hydroxylation sites is 1. The van der Waals surface area contributed by atoms with Gasteiger partial charge in [-0.15, -0.1) is 0 Å². The first-order valence-electron chi connectivity index (χ1n) is 13.5. The van der Waals surface area contributed by atoms with Crippen molar-refractivity contribution in [1.82, 2.24) is 10.6 Å². The Morgan fingerprint density at radius 3 is 2.52 bits per heavy atom. The zero-order chi connectivity index (χ0) is 28.1. The highest BCUT2D eigenvalue weighted by Gasteiger charge is 2.40. The molecule has 0 radical (unpaired) electrons. The molecule has 3 aromatic rings. The standard InChI is InChI=1S/C30H33Cl2N3O4S/c31-24-13-12-23(17-25(24)32)40(37,38)30(28-16-21-9-4-5-11-26(21)34-28)39-19-29(36)35-27(22-10-6-14-33-18-22)15-20-7-2-1-3-8-20/h1-5,7-9,11-13,17,22,27-28,30,33-34H,6,10,14-16,18-19H2,(H,35,36). The fourth-order valence-corrected chi connectivity index (χ4v) is 7.55. The highest BCUT2D eigenvalue weighted by molar-refractivity contribution is 7.92. The summed E-state index contributed by atoms with van der Waals surface area (Å²) in [4.78, 5) is 13.3. The second-order valence-corrected chi connectivity index (χ2v) is 13.2. The predicted octanol–water partition coefficient (Wildman–Crippen LogP) is 4.87. The Morgan fingerprint density at radius 2 is 1.80 bits per heavy atom. The fraction of sp³-hybridized carbons (Fsp3) is 0.367. The highest BCUT2D eigenvalue weighted by Crippen LogP contribution is 2.33. The number of hydrogen-bond acceptors (Lipinski definition) is 6. The van der Waals surface area contributed by atoms with Gasteiger partial charge in [0.2, 0.25) is 15.7 Å². The van der Waals surface area contributed by atoms with E-state index in [4.69, 9.17) is 27.9 Å². The van der Waals surface area contributed by atoms with Gasteiger partial charge in [-0.2, -0.15) is 0 Å². The normalized spacial score (nSPS) is 20.2. The van der Waals surface area contributed by atoms with Crippen LogP contribution in [0, 0.1) is 5.92 Å². The van der Waals surface area contributed by atoms with Crippen molar-refractivity contribution in [3.63, 3.8) is 0 Å². The summed E-state index contributed by atoms with van der Waals surface area (Å²) in [6.45, 7) is 1.39. The van der Waals surface area contributed by atoms with Gasteiger partial charge in [0.05, 0.1) is 21.0 Å². The number of anilines is 1. The molecular formula is C30H33Cl2N3O4S. The van der Waals surface area contributed by atoms with E-state index in [1.165, 1.54) is 18.2 Å². The summed E-state index contributed by atoms with van der Waals surface area (Å²) >= 11 is 12.2. The smallest absolute Gasteiger partial charge is 0.246 e. The zero-order valence-corrected chi connectivity index (χ0v) is 24.3. The van der Waals surface area contributed by atoms with E-state index in [2.05, 4.69) is 28.1 Å². The molecule has 1 amide bonds. The Morgan fingerprint density at radius 1 is 1.02 bits per heavy atom. The van der Waals surface area contributed by atoms with Gasteiger partial charge in [0.25, 0.3) is 0 Å². The van der Waals surface area contributed by atoms with E-state index >= 15 is 0 Å². The van der Waals surface area contributed by atoms with Crippen molar-refractivity contribution in [3.8, 4) is 0 Å². The summed E-state index contributed by atoms with van der Waals surface area (Å²) in [6, 6.07) is 21.2. The molecule has 0 spiro atoms. The molecule has 5 rings (SSSR count). The van der Waals surface area contributed by atoms with Gasteiger partial charge in [-0.3, -0.25) is 4.79 Å². The molecule has 0 saturated carbocycles. The quantitative estimate of drug-likeness (QED) is 0.307. The Balaban J connectivity index is 1.34. The summed E-state index contributed by atoms with van der Waals surface area (Å²) < 4.78 is 33.7. The number of sulfone groups is 1. The van der Waals surface area contributed by atoms with Crippen LogP contribution >= 0.6 is 23.2 Å². The SMILES string of the molecule is O=C(COC(C1Cc2ccccc2N1)S(=O)(=O)c1ccc(Cl)c(Cl)c1)NC(Cc1ccccc1)C1CCCNC1. The molecule has 2 aliphatic rings. The third kappa shape index (κ3) is 6.81. The van der Waals surface area contributed by atoms with Gasteiger partial charge in [0.1, 0.15) is 6.61 Å². The minimum atomic E-state index is -4.05. The van der Waals surface area contributed by atoms with Crippen LogP contribution in [0.5, 0.6) is 0 Å². The van der Waals surface area contributed by atoms with E-state index in [1.807, 2.05) is 42.5 Å². The van der Waals surface area contributed by atoms with E-state index in [9.17, 15) is 13.2 Å². The van der Waals surface area contributed by atoms with Gasteiger partial charge in [0, 0.05) is 11.7 Å². The number of fused-ring (bicyclic) bond motifs is 1. The zero-order valence-electron chi connectivity index (χ0n) is 22.0. The van der Waals surface area contributed by atoms with E-state index in [1.54, 1.807) is 0 Å². The Hall–Kier alpha value is -2.62. The van der Waals surface area contributed by atoms with Crippen LogP contribution < -0.4 is 16.0 Å². The lowest BCUT2D eigenvalue weighted by Crippen LogP contribution is -2.49. The molecule has 212 valence electrons. The molecule has 1 saturated heterocycles. The molecule has 1 fully saturated rings. The second kappa shape index (κ2) is 12.9. The summed E-state index contributed by atoms with van der Waals surface area (Å²) in [7, 11) is -4.05. The van der Waals surface area contributed by atoms with Crippen LogP contribution in [0.2, 0.25) is 10.0 Å². The molecule has 4 unspecified atom stereocenters. The molecule has 10 heteroatoms. The summed E-state index contributed by atoms with van der Waals surface area (Å²) in [5.74, 6) is -0.0870. The summed E-state index contributed by atoms with van der Waals surface area (Å²) in [6.07, 6.45) is 3.17. The van der Waals surface area contributed by atoms with Crippen molar-refractivity contribution in [2.75, 3.05) is 25.0 Å². The number of benzene rings is 3. The first kappa shape index (κ1) is 28.9. The number of piperidine rings is 1. The average Bonchev–Trinajstić information content (AvgIpc) is 3.39. The third-order valence-electron chi connectivity index (χ3n) is 7.58. The maximum Gasteiger partial charge on any atom is 0.246 e. The molecule has 7 nitrogen and oxygen atoms in total. The molecule has 4 atom stereocenters. The van der Waals surface area contributed by atoms with Crippen molar-refractivity contribution >= 4 is 44.6 Å². The molecule has 0 aromatic heterocycles. The van der Waals surface area contributed by atoms with Crippen LogP contribution in [0.25, 0.3) is 0 Å². The minimum Gasteiger partial charge on any atom is -0.378 e. The van der Waals surface area contributed by atoms with Gasteiger partial charge in [-0.05, 0) is 80.1 Å². The molecular weight excluding hydrogens is 569 g/mol. The molecule has 2 heterocycles. The number of rotatable bonds is 10. The van der Waals surface area contributed by atoms with Crippen molar-refractivity contribution < 1.29 is 17.9 Å². The third-order valence-corrected chi connectivity index (χ3v) is 10.3. The van der Waals surface area contributed by atoms with E-state index in [0.717, 1.165) is 42.7 Å². The van der Waals surface area contributed by atoms with Crippen LogP contribution in [0.4, 0.5) is 5.69 Å². The van der Waals surface area contributed by atoms with Crippen LogP contribution in [-0.2, 0) is 32.2 Å². The Bertz CT molecular complexity index is 1410. The summed E-state index contributed by atoms with van der Waals surface area (Å²) in [5.41, 5.74) is 1.64. The Kier molecular flexibility index (Phi) is 9.33. The van der Waals surface area contributed by atoms with Gasteiger partial charge < -0.3 is 20.7 Å². The van der Waals surface area contributed by atoms with Crippen molar-refractivity contribution in [2.24, 2.45) is 5.92 Å². The largest absolute Gasteiger partial charge is 0.378 e. The van der Waals surface area contributed by atoms with Gasteiger partial charge >= 0.3 is 0 Å². The topological polar surface area (TPSA) is 96.5 Å². The van der Waals surface area contributed by atoms with E-state index in [0.29, 0.717) is 12.8 Å². The molecule has 0 bridgehead atoms. The first-order valence-corrected chi connectivity index (χ1v) is 15.8. The minimum absolute atomic E-state index is 0.0136. The van der Waals surface area contributed by atoms with Crippen LogP contribution in [0.1, 0.15) is 24.0 Å². The molecule has 3 aromatic carbocycles.